The van der Waals surface area contributed by atoms with Crippen molar-refractivity contribution in [3.8, 4) is 23.0 Å². The molecule has 0 heterocycles. The molecule has 0 spiro atoms. The lowest BCUT2D eigenvalue weighted by Gasteiger charge is -2.15. The lowest BCUT2D eigenvalue weighted by Crippen LogP contribution is -2.14. The summed E-state index contributed by atoms with van der Waals surface area (Å²) in [5.74, 6) is -4.09. The van der Waals surface area contributed by atoms with Crippen LogP contribution >= 0.6 is 0 Å². The second kappa shape index (κ2) is 8.16. The molecule has 0 atom stereocenters. The van der Waals surface area contributed by atoms with Crippen LogP contribution in [0.2, 0.25) is 0 Å². The number of carbonyl (C=O) groups excluding carboxylic acids is 2. The molecule has 0 aliphatic heterocycles. The first kappa shape index (κ1) is 20.4. The van der Waals surface area contributed by atoms with Crippen molar-refractivity contribution in [1.82, 2.24) is 0 Å². The van der Waals surface area contributed by atoms with Crippen LogP contribution in [0, 0.1) is 0 Å². The molecule has 0 bridgehead atoms. The van der Waals surface area contributed by atoms with Crippen LogP contribution in [0.15, 0.2) is 24.3 Å². The number of carboxylic acids is 1. The van der Waals surface area contributed by atoms with E-state index in [1.807, 2.05) is 0 Å². The zero-order valence-corrected chi connectivity index (χ0v) is 15.2. The molecule has 2 amide bonds. The van der Waals surface area contributed by atoms with Gasteiger partial charge in [0.2, 0.25) is 5.91 Å². The summed E-state index contributed by atoms with van der Waals surface area (Å²) in [5, 5.41) is 34.3. The maximum Gasteiger partial charge on any atom is 0.339 e. The van der Waals surface area contributed by atoms with Crippen molar-refractivity contribution in [2.75, 3.05) is 24.9 Å². The van der Waals surface area contributed by atoms with Crippen LogP contribution in [0.5, 0.6) is 23.0 Å². The second-order valence-corrected chi connectivity index (χ2v) is 5.53. The molecule has 148 valence electrons. The highest BCUT2D eigenvalue weighted by Gasteiger charge is 2.23. The van der Waals surface area contributed by atoms with Crippen LogP contribution in [0.4, 0.5) is 11.4 Å². The number of methoxy groups -OCH3 is 2. The summed E-state index contributed by atoms with van der Waals surface area (Å²) in [6.45, 7) is 1.27. The maximum absolute atomic E-state index is 12.6. The van der Waals surface area contributed by atoms with Crippen LogP contribution in [0.1, 0.15) is 27.6 Å². The molecule has 10 nitrogen and oxygen atoms in total. The number of phenolic OH excluding ortho intramolecular Hbond substituents is 1. The van der Waals surface area contributed by atoms with Crippen LogP contribution in [-0.2, 0) is 4.79 Å². The summed E-state index contributed by atoms with van der Waals surface area (Å²) >= 11 is 0. The van der Waals surface area contributed by atoms with Crippen LogP contribution in [-0.4, -0.2) is 47.3 Å². The van der Waals surface area contributed by atoms with E-state index in [0.29, 0.717) is 0 Å². The largest absolute Gasteiger partial charge is 0.504 e. The fraction of sp³-hybridized carbons (Fsp3) is 0.167. The number of anilines is 2. The van der Waals surface area contributed by atoms with Gasteiger partial charge in [-0.15, -0.1) is 0 Å². The highest BCUT2D eigenvalue weighted by Crippen LogP contribution is 2.40. The van der Waals surface area contributed by atoms with Gasteiger partial charge in [-0.1, -0.05) is 0 Å². The zero-order chi connectivity index (χ0) is 21.0. The quantitative estimate of drug-likeness (QED) is 0.502. The Hall–Kier alpha value is -3.95. The predicted octanol–water partition coefficient (Wildman–Crippen LogP) is 2.02. The fourth-order valence-electron chi connectivity index (χ4n) is 2.49. The average Bonchev–Trinajstić information content (AvgIpc) is 2.61. The number of carbonyl (C=O) groups is 3. The molecule has 10 heteroatoms. The first-order chi connectivity index (χ1) is 13.2. The average molecular weight is 390 g/mol. The number of nitrogens with one attached hydrogen (secondary N) is 2. The van der Waals surface area contributed by atoms with Crippen molar-refractivity contribution < 1.29 is 39.2 Å². The molecular formula is C18H18N2O8. The second-order valence-electron chi connectivity index (χ2n) is 5.53. The molecule has 0 aliphatic carbocycles. The summed E-state index contributed by atoms with van der Waals surface area (Å²) in [6.07, 6.45) is 0. The summed E-state index contributed by atoms with van der Waals surface area (Å²) in [7, 11) is 2.45. The van der Waals surface area contributed by atoms with E-state index < -0.39 is 34.8 Å². The van der Waals surface area contributed by atoms with E-state index in [1.165, 1.54) is 39.3 Å². The Morgan fingerprint density at radius 1 is 0.821 bits per heavy atom. The zero-order valence-electron chi connectivity index (χ0n) is 15.2. The molecule has 0 saturated heterocycles. The highest BCUT2D eigenvalue weighted by atomic mass is 16.5. The van der Waals surface area contributed by atoms with Gasteiger partial charge < -0.3 is 35.4 Å². The van der Waals surface area contributed by atoms with Crippen LogP contribution in [0.25, 0.3) is 0 Å². The van der Waals surface area contributed by atoms with Crippen molar-refractivity contribution in [1.29, 1.82) is 0 Å². The number of carboxylic acid groups (broad SMARTS) is 1. The SMILES string of the molecule is COc1c(NC(=O)c2ccc(NC(C)=O)c(OC)c2O)ccc(C(=O)O)c1O. The molecule has 2 aromatic carbocycles. The Kier molecular flexibility index (Phi) is 5.94. The minimum Gasteiger partial charge on any atom is -0.504 e. The molecule has 0 saturated carbocycles. The standard InChI is InChI=1S/C18H18N2O8/c1-8(21)19-11-6-4-9(13(22)15(11)27-2)17(24)20-12-7-5-10(18(25)26)14(23)16(12)28-3/h4-7,22-23H,1-3H3,(H,19,21)(H,20,24)(H,25,26). The van der Waals surface area contributed by atoms with Gasteiger partial charge in [0, 0.05) is 6.92 Å². The Labute approximate surface area is 159 Å². The molecule has 0 aromatic heterocycles. The molecule has 2 rings (SSSR count). The Balaban J connectivity index is 2.42. The number of aromatic hydroxyl groups is 2. The van der Waals surface area contributed by atoms with Crippen molar-refractivity contribution in [2.45, 2.75) is 6.92 Å². The monoisotopic (exact) mass is 390 g/mol. The Bertz CT molecular complexity index is 955. The van der Waals surface area contributed by atoms with E-state index in [1.54, 1.807) is 0 Å². The third kappa shape index (κ3) is 3.90. The number of phenols is 2. The van der Waals surface area contributed by atoms with Gasteiger partial charge in [0.05, 0.1) is 31.2 Å². The molecule has 28 heavy (non-hydrogen) atoms. The smallest absolute Gasteiger partial charge is 0.339 e. The summed E-state index contributed by atoms with van der Waals surface area (Å²) in [5.41, 5.74) is -0.432. The van der Waals surface area contributed by atoms with Gasteiger partial charge in [0.25, 0.3) is 5.91 Å². The summed E-state index contributed by atoms with van der Waals surface area (Å²) in [4.78, 5) is 34.9. The van der Waals surface area contributed by atoms with Gasteiger partial charge in [-0.25, -0.2) is 4.79 Å². The van der Waals surface area contributed by atoms with E-state index in [2.05, 4.69) is 10.6 Å². The Morgan fingerprint density at radius 3 is 1.75 bits per heavy atom. The molecule has 2 aromatic rings. The summed E-state index contributed by atoms with van der Waals surface area (Å²) in [6, 6.07) is 4.96. The van der Waals surface area contributed by atoms with Crippen molar-refractivity contribution in [3.63, 3.8) is 0 Å². The normalized spacial score (nSPS) is 10.1. The number of rotatable bonds is 6. The van der Waals surface area contributed by atoms with Gasteiger partial charge in [-0.3, -0.25) is 9.59 Å². The number of hydrogen-bond donors (Lipinski definition) is 5. The number of benzene rings is 2. The highest BCUT2D eigenvalue weighted by molar-refractivity contribution is 6.09. The molecule has 5 N–H and O–H groups in total. The van der Waals surface area contributed by atoms with Gasteiger partial charge >= 0.3 is 5.97 Å². The van der Waals surface area contributed by atoms with E-state index in [-0.39, 0.29) is 28.4 Å². The third-order valence-corrected chi connectivity index (χ3v) is 3.71. The number of hydrogen-bond acceptors (Lipinski definition) is 7. The van der Waals surface area contributed by atoms with Crippen molar-refractivity contribution in [2.24, 2.45) is 0 Å². The number of aromatic carboxylic acids is 1. The first-order valence-corrected chi connectivity index (χ1v) is 7.83. The van der Waals surface area contributed by atoms with E-state index in [0.717, 1.165) is 6.07 Å². The van der Waals surface area contributed by atoms with E-state index in [9.17, 15) is 24.6 Å². The molecule has 0 unspecified atom stereocenters. The van der Waals surface area contributed by atoms with Crippen LogP contribution < -0.4 is 20.1 Å². The Morgan fingerprint density at radius 2 is 1.29 bits per heavy atom. The van der Waals surface area contributed by atoms with Crippen molar-refractivity contribution >= 4 is 29.2 Å². The van der Waals surface area contributed by atoms with Gasteiger partial charge in [-0.05, 0) is 24.3 Å². The first-order valence-electron chi connectivity index (χ1n) is 7.83. The molecule has 0 radical (unpaired) electrons. The number of ether oxygens (including phenoxy) is 2. The molecular weight excluding hydrogens is 372 g/mol. The lowest BCUT2D eigenvalue weighted by molar-refractivity contribution is -0.114. The maximum atomic E-state index is 12.6. The summed E-state index contributed by atoms with van der Waals surface area (Å²) < 4.78 is 10.0. The topological polar surface area (TPSA) is 154 Å². The fourth-order valence-corrected chi connectivity index (χ4v) is 2.49. The van der Waals surface area contributed by atoms with Crippen LogP contribution in [0.3, 0.4) is 0 Å². The lowest BCUT2D eigenvalue weighted by atomic mass is 10.1. The van der Waals surface area contributed by atoms with Gasteiger partial charge in [0.1, 0.15) is 5.56 Å². The molecule has 0 aliphatic rings. The van der Waals surface area contributed by atoms with E-state index >= 15 is 0 Å². The predicted molar refractivity (Wildman–Crippen MR) is 98.5 cm³/mol. The van der Waals surface area contributed by atoms with Gasteiger partial charge in [-0.2, -0.15) is 0 Å². The van der Waals surface area contributed by atoms with Crippen molar-refractivity contribution in [3.05, 3.63) is 35.4 Å². The number of amides is 2. The molecule has 0 fully saturated rings. The van der Waals surface area contributed by atoms with Gasteiger partial charge in [0.15, 0.2) is 23.0 Å². The minimum absolute atomic E-state index is 0.0145. The minimum atomic E-state index is -1.37. The third-order valence-electron chi connectivity index (χ3n) is 3.71. The van der Waals surface area contributed by atoms with E-state index in [4.69, 9.17) is 14.6 Å².